The van der Waals surface area contributed by atoms with E-state index in [1.54, 1.807) is 0 Å². The van der Waals surface area contributed by atoms with Crippen LogP contribution < -0.4 is 0 Å². The highest BCUT2D eigenvalue weighted by Crippen LogP contribution is 2.39. The van der Waals surface area contributed by atoms with Crippen LogP contribution >= 0.6 is 11.3 Å². The lowest BCUT2D eigenvalue weighted by Crippen LogP contribution is -2.11. The molecule has 0 amide bonds. The van der Waals surface area contributed by atoms with Crippen LogP contribution in [0.1, 0.15) is 47.4 Å². The van der Waals surface area contributed by atoms with Crippen molar-refractivity contribution >= 4 is 17.3 Å². The van der Waals surface area contributed by atoms with Crippen LogP contribution in [-0.2, 0) is 17.6 Å². The normalized spacial score (nSPS) is 19.9. The Hall–Kier alpha value is -0.830. The van der Waals surface area contributed by atoms with Crippen molar-refractivity contribution < 1.29 is 9.90 Å². The van der Waals surface area contributed by atoms with Crippen LogP contribution in [0.25, 0.3) is 0 Å². The summed E-state index contributed by atoms with van der Waals surface area (Å²) in [6.45, 7) is 2.16. The first kappa shape index (κ1) is 10.7. The Kier molecular flexibility index (Phi) is 3.10. The van der Waals surface area contributed by atoms with E-state index < -0.39 is 5.97 Å². The van der Waals surface area contributed by atoms with Crippen LogP contribution in [0.15, 0.2) is 6.07 Å². The summed E-state index contributed by atoms with van der Waals surface area (Å²) < 4.78 is 0. The molecule has 0 saturated heterocycles. The van der Waals surface area contributed by atoms with Gasteiger partial charge in [-0.25, -0.2) is 0 Å². The number of rotatable bonds is 3. The first-order valence-electron chi connectivity index (χ1n) is 5.54. The van der Waals surface area contributed by atoms with Crippen molar-refractivity contribution in [3.63, 3.8) is 0 Å². The fourth-order valence-corrected chi connectivity index (χ4v) is 3.58. The monoisotopic (exact) mass is 224 g/mol. The number of carboxylic acid groups (broad SMARTS) is 1. The second kappa shape index (κ2) is 4.35. The summed E-state index contributed by atoms with van der Waals surface area (Å²) in [4.78, 5) is 13.5. The third kappa shape index (κ3) is 2.23. The molecule has 0 aliphatic heterocycles. The molecule has 1 aliphatic carbocycles. The lowest BCUT2D eigenvalue weighted by atomic mass is 9.87. The highest BCUT2D eigenvalue weighted by atomic mass is 32.1. The van der Waals surface area contributed by atoms with Gasteiger partial charge in [0.15, 0.2) is 0 Å². The summed E-state index contributed by atoms with van der Waals surface area (Å²) in [5.41, 5.74) is 1.41. The summed E-state index contributed by atoms with van der Waals surface area (Å²) in [5, 5.41) is 8.86. The number of carbonyl (C=O) groups is 1. The van der Waals surface area contributed by atoms with Gasteiger partial charge in [-0.2, -0.15) is 0 Å². The molecule has 0 aromatic carbocycles. The van der Waals surface area contributed by atoms with E-state index in [1.165, 1.54) is 15.3 Å². The molecule has 1 heterocycles. The zero-order valence-electron chi connectivity index (χ0n) is 8.95. The number of aryl methyl sites for hydroxylation is 2. The molecule has 1 aliphatic rings. The number of aliphatic carboxylic acids is 1. The van der Waals surface area contributed by atoms with Crippen LogP contribution in [0.3, 0.4) is 0 Å². The molecule has 0 fully saturated rings. The second-order valence-corrected chi connectivity index (χ2v) is 5.31. The topological polar surface area (TPSA) is 37.3 Å². The van der Waals surface area contributed by atoms with Crippen LogP contribution in [0.5, 0.6) is 0 Å². The van der Waals surface area contributed by atoms with E-state index in [1.807, 2.05) is 11.3 Å². The van der Waals surface area contributed by atoms with Gasteiger partial charge < -0.3 is 5.11 Å². The predicted molar refractivity (Wildman–Crippen MR) is 61.6 cm³/mol. The molecule has 1 aromatic heterocycles. The van der Waals surface area contributed by atoms with Crippen molar-refractivity contribution in [1.29, 1.82) is 0 Å². The maximum absolute atomic E-state index is 10.8. The average molecular weight is 224 g/mol. The minimum atomic E-state index is -0.667. The van der Waals surface area contributed by atoms with E-state index in [0.29, 0.717) is 6.42 Å². The van der Waals surface area contributed by atoms with Crippen molar-refractivity contribution in [2.24, 2.45) is 0 Å². The second-order valence-electron chi connectivity index (χ2n) is 4.14. The fraction of sp³-hybridized carbons (Fsp3) is 0.583. The maximum Gasteiger partial charge on any atom is 0.303 e. The largest absolute Gasteiger partial charge is 0.481 e. The van der Waals surface area contributed by atoms with Crippen molar-refractivity contribution in [3.8, 4) is 0 Å². The summed E-state index contributed by atoms with van der Waals surface area (Å²) >= 11 is 1.82. The van der Waals surface area contributed by atoms with Crippen molar-refractivity contribution in [3.05, 3.63) is 21.4 Å². The Morgan fingerprint density at radius 1 is 1.67 bits per heavy atom. The lowest BCUT2D eigenvalue weighted by Gasteiger charge is -2.20. The van der Waals surface area contributed by atoms with Crippen LogP contribution in [-0.4, -0.2) is 11.1 Å². The Morgan fingerprint density at radius 3 is 3.13 bits per heavy atom. The van der Waals surface area contributed by atoms with E-state index in [-0.39, 0.29) is 5.92 Å². The average Bonchev–Trinajstić information content (AvgIpc) is 2.61. The zero-order chi connectivity index (χ0) is 10.8. The van der Waals surface area contributed by atoms with E-state index in [2.05, 4.69) is 13.0 Å². The molecule has 2 rings (SSSR count). The molecule has 1 aromatic rings. The zero-order valence-corrected chi connectivity index (χ0v) is 9.77. The molecule has 82 valence electrons. The number of hydrogen-bond donors (Lipinski definition) is 1. The van der Waals surface area contributed by atoms with E-state index in [9.17, 15) is 4.79 Å². The maximum atomic E-state index is 10.8. The van der Waals surface area contributed by atoms with Gasteiger partial charge in [0.1, 0.15) is 0 Å². The van der Waals surface area contributed by atoms with Crippen LogP contribution in [0, 0.1) is 0 Å². The molecular weight excluding hydrogens is 208 g/mol. The summed E-state index contributed by atoms with van der Waals surface area (Å²) in [6, 6.07) is 2.27. The van der Waals surface area contributed by atoms with Crippen molar-refractivity contribution in [1.82, 2.24) is 0 Å². The molecule has 15 heavy (non-hydrogen) atoms. The predicted octanol–water partition coefficient (Wildman–Crippen LogP) is 3.21. The molecule has 2 nitrogen and oxygen atoms in total. The highest BCUT2D eigenvalue weighted by Gasteiger charge is 2.24. The molecular formula is C12H16O2S. The Labute approximate surface area is 93.9 Å². The molecule has 1 N–H and O–H groups in total. The van der Waals surface area contributed by atoms with Crippen LogP contribution in [0.2, 0.25) is 0 Å². The summed E-state index contributed by atoms with van der Waals surface area (Å²) in [6.07, 6.45) is 4.70. The minimum Gasteiger partial charge on any atom is -0.481 e. The first-order valence-corrected chi connectivity index (χ1v) is 6.35. The van der Waals surface area contributed by atoms with Gasteiger partial charge in [0.05, 0.1) is 6.42 Å². The van der Waals surface area contributed by atoms with Gasteiger partial charge in [-0.15, -0.1) is 11.3 Å². The number of carboxylic acids is 1. The van der Waals surface area contributed by atoms with Crippen LogP contribution in [0.4, 0.5) is 0 Å². The molecule has 0 radical (unpaired) electrons. The van der Waals surface area contributed by atoms with E-state index >= 15 is 0 Å². The number of fused-ring (bicyclic) bond motifs is 1. The van der Waals surface area contributed by atoms with Gasteiger partial charge in [-0.05, 0) is 37.3 Å². The Bertz CT molecular complexity index is 368. The third-order valence-corrected chi connectivity index (χ3v) is 4.52. The minimum absolute atomic E-state index is 0.275. The van der Waals surface area contributed by atoms with Gasteiger partial charge >= 0.3 is 5.97 Å². The first-order chi connectivity index (χ1) is 7.20. The smallest absolute Gasteiger partial charge is 0.303 e. The molecule has 0 saturated carbocycles. The molecule has 3 heteroatoms. The fourth-order valence-electron chi connectivity index (χ4n) is 2.29. The number of thiophene rings is 1. The van der Waals surface area contributed by atoms with Gasteiger partial charge in [0, 0.05) is 15.7 Å². The van der Waals surface area contributed by atoms with Gasteiger partial charge in [-0.1, -0.05) is 6.92 Å². The molecule has 0 bridgehead atoms. The van der Waals surface area contributed by atoms with E-state index in [0.717, 1.165) is 25.7 Å². The molecule has 1 atom stereocenters. The van der Waals surface area contributed by atoms with Crippen molar-refractivity contribution in [2.45, 2.75) is 44.9 Å². The lowest BCUT2D eigenvalue weighted by molar-refractivity contribution is -0.137. The molecule has 0 spiro atoms. The third-order valence-electron chi connectivity index (χ3n) is 3.03. The van der Waals surface area contributed by atoms with Gasteiger partial charge in [0.25, 0.3) is 0 Å². The van der Waals surface area contributed by atoms with Crippen molar-refractivity contribution in [2.75, 3.05) is 0 Å². The van der Waals surface area contributed by atoms with Gasteiger partial charge in [0.2, 0.25) is 0 Å². The quantitative estimate of drug-likeness (QED) is 0.856. The SMILES string of the molecule is CCc1cc2c(s1)C(CC(=O)O)CCC2. The Morgan fingerprint density at radius 2 is 2.47 bits per heavy atom. The summed E-state index contributed by atoms with van der Waals surface area (Å²) in [5.74, 6) is -0.393. The molecule has 1 unspecified atom stereocenters. The van der Waals surface area contributed by atoms with E-state index in [4.69, 9.17) is 5.11 Å². The number of hydrogen-bond acceptors (Lipinski definition) is 2. The highest BCUT2D eigenvalue weighted by molar-refractivity contribution is 7.12. The standard InChI is InChI=1S/C12H16O2S/c1-2-10-6-8-4-3-5-9(7-11(13)14)12(8)15-10/h6,9H,2-5,7H2,1H3,(H,13,14). The Balaban J connectivity index is 2.24. The van der Waals surface area contributed by atoms with Gasteiger partial charge in [-0.3, -0.25) is 4.79 Å². The summed E-state index contributed by atoms with van der Waals surface area (Å²) in [7, 11) is 0.